The van der Waals surface area contributed by atoms with Crippen LogP contribution in [0.3, 0.4) is 0 Å². The molecule has 1 fully saturated rings. The average Bonchev–Trinajstić information content (AvgIpc) is 2.75. The summed E-state index contributed by atoms with van der Waals surface area (Å²) < 4.78 is 43.6. The van der Waals surface area contributed by atoms with E-state index in [-0.39, 0.29) is 24.6 Å². The highest BCUT2D eigenvalue weighted by molar-refractivity contribution is 5.89. The minimum atomic E-state index is -4.45. The van der Waals surface area contributed by atoms with Crippen LogP contribution >= 0.6 is 0 Å². The van der Waals surface area contributed by atoms with Crippen molar-refractivity contribution < 1.29 is 32.6 Å². The van der Waals surface area contributed by atoms with Crippen LogP contribution in [0.4, 0.5) is 23.7 Å². The Morgan fingerprint density at radius 2 is 1.77 bits per heavy atom. The predicted octanol–water partition coefficient (Wildman–Crippen LogP) is 2.91. The van der Waals surface area contributed by atoms with Gasteiger partial charge in [0.15, 0.2) is 0 Å². The van der Waals surface area contributed by atoms with E-state index in [0.29, 0.717) is 0 Å². The number of nitrogens with zero attached hydrogens (tertiary/aromatic N) is 1. The Morgan fingerprint density at radius 3 is 2.39 bits per heavy atom. The topological polar surface area (TPSA) is 90.9 Å². The van der Waals surface area contributed by atoms with Crippen molar-refractivity contribution in [2.45, 2.75) is 50.1 Å². The largest absolute Gasteiger partial charge is 0.416 e. The lowest BCUT2D eigenvalue weighted by atomic mass is 10.0. The van der Waals surface area contributed by atoms with Crippen molar-refractivity contribution in [2.75, 3.05) is 25.0 Å². The molecule has 2 aliphatic heterocycles. The fraction of sp³-hybridized carbons (Fsp3) is 0.524. The molecule has 0 spiro atoms. The molecule has 1 aromatic carbocycles. The number of rotatable bonds is 5. The first kappa shape index (κ1) is 23.1. The van der Waals surface area contributed by atoms with Crippen molar-refractivity contribution in [1.29, 1.82) is 0 Å². The Balaban J connectivity index is 1.53. The van der Waals surface area contributed by atoms with Gasteiger partial charge in [0.2, 0.25) is 5.91 Å². The van der Waals surface area contributed by atoms with Crippen LogP contribution in [0.2, 0.25) is 0 Å². The Labute approximate surface area is 178 Å². The molecule has 0 saturated carbocycles. The summed E-state index contributed by atoms with van der Waals surface area (Å²) in [5.41, 5.74) is -0.621. The molecule has 2 heterocycles. The summed E-state index contributed by atoms with van der Waals surface area (Å²) in [6.07, 6.45) is 0.909. The lowest BCUT2D eigenvalue weighted by Gasteiger charge is -2.33. The summed E-state index contributed by atoms with van der Waals surface area (Å²) in [6.45, 7) is 1.12. The molecule has 0 aliphatic carbocycles. The van der Waals surface area contributed by atoms with Crippen molar-refractivity contribution in [3.05, 3.63) is 42.0 Å². The summed E-state index contributed by atoms with van der Waals surface area (Å²) in [7, 11) is 0. The number of benzene rings is 1. The number of nitrogens with one attached hydrogen (secondary N) is 2. The zero-order valence-electron chi connectivity index (χ0n) is 16.9. The van der Waals surface area contributed by atoms with Crippen LogP contribution in [-0.4, -0.2) is 59.9 Å². The van der Waals surface area contributed by atoms with E-state index < -0.39 is 36.0 Å². The van der Waals surface area contributed by atoms with Gasteiger partial charge in [0, 0.05) is 18.8 Å². The number of piperidine rings is 1. The van der Waals surface area contributed by atoms with Crippen LogP contribution in [0, 0.1) is 0 Å². The van der Waals surface area contributed by atoms with Crippen molar-refractivity contribution in [1.82, 2.24) is 10.2 Å². The second-order valence-electron chi connectivity index (χ2n) is 7.63. The van der Waals surface area contributed by atoms with Gasteiger partial charge >= 0.3 is 12.2 Å². The van der Waals surface area contributed by atoms with Gasteiger partial charge in [-0.15, -0.1) is 0 Å². The molecule has 0 unspecified atom stereocenters. The first-order chi connectivity index (χ1) is 14.8. The third-order valence-electron chi connectivity index (χ3n) is 5.32. The van der Waals surface area contributed by atoms with E-state index >= 15 is 0 Å². The zero-order chi connectivity index (χ0) is 22.4. The molecule has 31 heavy (non-hydrogen) atoms. The Kier molecular flexibility index (Phi) is 7.55. The molecule has 0 aromatic heterocycles. The summed E-state index contributed by atoms with van der Waals surface area (Å²) in [5.74, 6) is -0.00232. The maximum absolute atomic E-state index is 12.6. The lowest BCUT2D eigenvalue weighted by Crippen LogP contribution is -2.50. The highest BCUT2D eigenvalue weighted by atomic mass is 19.4. The summed E-state index contributed by atoms with van der Waals surface area (Å²) >= 11 is 0. The van der Waals surface area contributed by atoms with Crippen molar-refractivity contribution in [3.63, 3.8) is 0 Å². The van der Waals surface area contributed by atoms with Gasteiger partial charge in [-0.3, -0.25) is 4.79 Å². The predicted molar refractivity (Wildman–Crippen MR) is 107 cm³/mol. The standard InChI is InChI=1S/C21H26F3N3O4/c22-21(23,24)14-4-6-15(7-5-14)25-20(30)26-17-9-8-16(31-18(17)13-28)12-19(29)27-10-2-1-3-11-27/h4-9,16-18,28H,1-3,10-13H2,(H2,25,26,30)/t16-,17-,18-/m1/s1. The third-order valence-corrected chi connectivity index (χ3v) is 5.32. The molecule has 2 aliphatic rings. The third kappa shape index (κ3) is 6.44. The summed E-state index contributed by atoms with van der Waals surface area (Å²) in [6, 6.07) is 2.75. The summed E-state index contributed by atoms with van der Waals surface area (Å²) in [5, 5.41) is 14.7. The van der Waals surface area contributed by atoms with E-state index in [2.05, 4.69) is 10.6 Å². The van der Waals surface area contributed by atoms with E-state index in [4.69, 9.17) is 4.74 Å². The first-order valence-corrected chi connectivity index (χ1v) is 10.2. The molecule has 10 heteroatoms. The van der Waals surface area contributed by atoms with Crippen molar-refractivity contribution in [3.8, 4) is 0 Å². The molecule has 3 atom stereocenters. The van der Waals surface area contributed by atoms with Crippen LogP contribution in [-0.2, 0) is 15.7 Å². The fourth-order valence-electron chi connectivity index (χ4n) is 3.64. The highest BCUT2D eigenvalue weighted by Crippen LogP contribution is 2.29. The number of amides is 3. The number of hydrogen-bond donors (Lipinski definition) is 3. The van der Waals surface area contributed by atoms with Crippen LogP contribution in [0.1, 0.15) is 31.2 Å². The maximum atomic E-state index is 12.6. The molecule has 7 nitrogen and oxygen atoms in total. The molecule has 170 valence electrons. The van der Waals surface area contributed by atoms with E-state index in [0.717, 1.165) is 56.6 Å². The summed E-state index contributed by atoms with van der Waals surface area (Å²) in [4.78, 5) is 26.4. The van der Waals surface area contributed by atoms with Crippen molar-refractivity contribution >= 4 is 17.6 Å². The molecular formula is C21H26F3N3O4. The highest BCUT2D eigenvalue weighted by Gasteiger charge is 2.31. The normalized spacial score (nSPS) is 24.0. The zero-order valence-corrected chi connectivity index (χ0v) is 16.9. The number of ether oxygens (including phenoxy) is 1. The van der Waals surface area contributed by atoms with Crippen LogP contribution in [0.25, 0.3) is 0 Å². The SMILES string of the molecule is O=C(Nc1ccc(C(F)(F)F)cc1)N[C@@H]1C=C[C@H](CC(=O)N2CCCCC2)O[C@@H]1CO. The molecule has 1 saturated heterocycles. The number of carbonyl (C=O) groups excluding carboxylic acids is 2. The van der Waals surface area contributed by atoms with E-state index in [1.165, 1.54) is 0 Å². The fourth-order valence-corrected chi connectivity index (χ4v) is 3.64. The van der Waals surface area contributed by atoms with Gasteiger partial charge in [0.1, 0.15) is 6.10 Å². The number of hydrogen-bond acceptors (Lipinski definition) is 4. The number of halogens is 3. The smallest absolute Gasteiger partial charge is 0.394 e. The van der Waals surface area contributed by atoms with E-state index in [9.17, 15) is 27.9 Å². The minimum absolute atomic E-state index is 0.00232. The number of carbonyl (C=O) groups is 2. The van der Waals surface area contributed by atoms with Crippen LogP contribution < -0.4 is 10.6 Å². The molecular weight excluding hydrogens is 415 g/mol. The number of anilines is 1. The molecule has 3 amide bonds. The van der Waals surface area contributed by atoms with Gasteiger partial charge in [0.05, 0.1) is 30.7 Å². The Bertz CT molecular complexity index is 792. The van der Waals surface area contributed by atoms with Gasteiger partial charge < -0.3 is 25.4 Å². The molecule has 1 aromatic rings. The van der Waals surface area contributed by atoms with Crippen LogP contribution in [0.5, 0.6) is 0 Å². The number of aliphatic hydroxyl groups is 1. The number of urea groups is 1. The van der Waals surface area contributed by atoms with E-state index in [1.807, 2.05) is 4.90 Å². The molecule has 3 rings (SSSR count). The van der Waals surface area contributed by atoms with E-state index in [1.54, 1.807) is 12.2 Å². The molecule has 0 bridgehead atoms. The van der Waals surface area contributed by atoms with Gasteiger partial charge in [-0.2, -0.15) is 13.2 Å². The number of aliphatic hydroxyl groups excluding tert-OH is 1. The number of alkyl halides is 3. The second kappa shape index (κ2) is 10.1. The second-order valence-corrected chi connectivity index (χ2v) is 7.63. The quantitative estimate of drug-likeness (QED) is 0.613. The Hall–Kier alpha value is -2.59. The van der Waals surface area contributed by atoms with Gasteiger partial charge in [-0.05, 0) is 43.5 Å². The Morgan fingerprint density at radius 1 is 1.10 bits per heavy atom. The number of likely N-dealkylation sites (tertiary alicyclic amines) is 1. The first-order valence-electron chi connectivity index (χ1n) is 10.2. The monoisotopic (exact) mass is 441 g/mol. The van der Waals surface area contributed by atoms with Gasteiger partial charge in [-0.25, -0.2) is 4.79 Å². The van der Waals surface area contributed by atoms with Crippen LogP contribution in [0.15, 0.2) is 36.4 Å². The minimum Gasteiger partial charge on any atom is -0.394 e. The van der Waals surface area contributed by atoms with Gasteiger partial charge in [-0.1, -0.05) is 12.2 Å². The lowest BCUT2D eigenvalue weighted by molar-refractivity contribution is -0.138. The molecule has 3 N–H and O–H groups in total. The average molecular weight is 441 g/mol. The maximum Gasteiger partial charge on any atom is 0.416 e. The van der Waals surface area contributed by atoms with Gasteiger partial charge in [0.25, 0.3) is 0 Å². The molecule has 0 radical (unpaired) electrons. The van der Waals surface area contributed by atoms with Crippen molar-refractivity contribution in [2.24, 2.45) is 0 Å².